The molecule has 0 saturated heterocycles. The molecule has 42 heavy (non-hydrogen) atoms. The number of benzene rings is 7. The Labute approximate surface area is 239 Å². The molecule has 2 heterocycles. The number of hydrogen-bond donors (Lipinski definition) is 0. The number of fused-ring (bicyclic) bond motifs is 12. The van der Waals surface area contributed by atoms with Gasteiger partial charge in [0.15, 0.2) is 0 Å². The zero-order valence-corrected chi connectivity index (χ0v) is 22.4. The SMILES string of the molecule is Fc1ccc2c(c1)c1c3c4ccc5ccccc5c4n(-c4ccccc4)c3c3c(F)cccc3c1n2-c1ccccc1. The summed E-state index contributed by atoms with van der Waals surface area (Å²) in [4.78, 5) is 0. The third-order valence-corrected chi connectivity index (χ3v) is 8.57. The first-order valence-electron chi connectivity index (χ1n) is 14.0. The molecule has 0 atom stereocenters. The normalized spacial score (nSPS) is 12.0. The summed E-state index contributed by atoms with van der Waals surface area (Å²) in [6.45, 7) is 0. The lowest BCUT2D eigenvalue weighted by molar-refractivity contribution is 0.629. The van der Waals surface area contributed by atoms with Crippen LogP contribution in [0, 0.1) is 11.6 Å². The van der Waals surface area contributed by atoms with Crippen LogP contribution in [0.2, 0.25) is 0 Å². The molecule has 0 unspecified atom stereocenters. The highest BCUT2D eigenvalue weighted by atomic mass is 19.1. The van der Waals surface area contributed by atoms with Crippen molar-refractivity contribution in [2.45, 2.75) is 0 Å². The topological polar surface area (TPSA) is 9.86 Å². The second kappa shape index (κ2) is 8.51. The van der Waals surface area contributed by atoms with Crippen LogP contribution >= 0.6 is 0 Å². The molecule has 9 aromatic rings. The third-order valence-electron chi connectivity index (χ3n) is 8.57. The van der Waals surface area contributed by atoms with Gasteiger partial charge in [-0.15, -0.1) is 0 Å². The van der Waals surface area contributed by atoms with Gasteiger partial charge >= 0.3 is 0 Å². The molecule has 0 bridgehead atoms. The van der Waals surface area contributed by atoms with Gasteiger partial charge < -0.3 is 9.13 Å². The van der Waals surface area contributed by atoms with Gasteiger partial charge in [0.2, 0.25) is 0 Å². The van der Waals surface area contributed by atoms with E-state index < -0.39 is 0 Å². The van der Waals surface area contributed by atoms with Gasteiger partial charge in [-0.05, 0) is 53.9 Å². The Morgan fingerprint density at radius 2 is 1.05 bits per heavy atom. The molecule has 2 aromatic heterocycles. The minimum Gasteiger partial charge on any atom is -0.309 e. The van der Waals surface area contributed by atoms with Crippen molar-refractivity contribution in [2.75, 3.05) is 0 Å². The van der Waals surface area contributed by atoms with Gasteiger partial charge in [-0.3, -0.25) is 0 Å². The summed E-state index contributed by atoms with van der Waals surface area (Å²) in [7, 11) is 0. The largest absolute Gasteiger partial charge is 0.309 e. The molecule has 0 spiro atoms. The lowest BCUT2D eigenvalue weighted by Gasteiger charge is -2.14. The molecule has 0 N–H and O–H groups in total. The van der Waals surface area contributed by atoms with Crippen LogP contribution in [0.15, 0.2) is 133 Å². The Kier molecular flexibility index (Phi) is 4.71. The van der Waals surface area contributed by atoms with Crippen LogP contribution in [0.4, 0.5) is 8.78 Å². The Bertz CT molecular complexity index is 2520. The average molecular weight is 545 g/mol. The second-order valence-electron chi connectivity index (χ2n) is 10.8. The molecule has 0 aliphatic carbocycles. The van der Waals surface area contributed by atoms with Crippen molar-refractivity contribution in [3.8, 4) is 11.4 Å². The highest BCUT2D eigenvalue weighted by Crippen LogP contribution is 2.48. The Hall–Kier alpha value is -5.48. The van der Waals surface area contributed by atoms with Crippen molar-refractivity contribution in [3.63, 3.8) is 0 Å². The van der Waals surface area contributed by atoms with E-state index >= 15 is 8.78 Å². The van der Waals surface area contributed by atoms with Gasteiger partial charge in [-0.2, -0.15) is 0 Å². The van der Waals surface area contributed by atoms with Crippen molar-refractivity contribution >= 4 is 65.2 Å². The van der Waals surface area contributed by atoms with E-state index in [4.69, 9.17) is 0 Å². The molecule has 0 radical (unpaired) electrons. The minimum atomic E-state index is -0.306. The smallest absolute Gasteiger partial charge is 0.133 e. The Morgan fingerprint density at radius 1 is 0.405 bits per heavy atom. The molecular formula is C38H22F2N2. The fourth-order valence-corrected chi connectivity index (χ4v) is 6.95. The molecule has 7 aromatic carbocycles. The first-order valence-corrected chi connectivity index (χ1v) is 14.0. The van der Waals surface area contributed by atoms with Crippen LogP contribution in [0.3, 0.4) is 0 Å². The number of aromatic nitrogens is 2. The molecule has 0 aliphatic rings. The highest BCUT2D eigenvalue weighted by Gasteiger charge is 2.26. The molecule has 0 amide bonds. The highest BCUT2D eigenvalue weighted by molar-refractivity contribution is 6.38. The summed E-state index contributed by atoms with van der Waals surface area (Å²) in [6, 6.07) is 43.0. The number of halogens is 2. The van der Waals surface area contributed by atoms with E-state index in [1.165, 1.54) is 12.1 Å². The van der Waals surface area contributed by atoms with Crippen molar-refractivity contribution in [2.24, 2.45) is 0 Å². The van der Waals surface area contributed by atoms with Gasteiger partial charge in [0, 0.05) is 49.1 Å². The van der Waals surface area contributed by atoms with Gasteiger partial charge in [0.1, 0.15) is 11.6 Å². The number of para-hydroxylation sites is 2. The molecular weight excluding hydrogens is 522 g/mol. The maximum Gasteiger partial charge on any atom is 0.133 e. The molecule has 198 valence electrons. The van der Waals surface area contributed by atoms with E-state index in [1.807, 2.05) is 72.8 Å². The standard InChI is InChI=1S/C38H22F2N2/c39-24-19-21-32-30(22-24)35-34-29-20-18-23-10-7-8-15-27(23)36(29)42(26-13-5-2-6-14-26)38(34)33-28(16-9-17-31(33)40)37(35)41(32)25-11-3-1-4-12-25/h1-22H. The van der Waals surface area contributed by atoms with Crippen molar-refractivity contribution in [3.05, 3.63) is 145 Å². The lowest BCUT2D eigenvalue weighted by atomic mass is 9.98. The van der Waals surface area contributed by atoms with E-state index in [1.54, 1.807) is 12.1 Å². The summed E-state index contributed by atoms with van der Waals surface area (Å²) >= 11 is 0. The molecule has 0 fully saturated rings. The summed E-state index contributed by atoms with van der Waals surface area (Å²) in [5.41, 5.74) is 5.40. The predicted molar refractivity (Wildman–Crippen MR) is 170 cm³/mol. The van der Waals surface area contributed by atoms with Crippen LogP contribution in [-0.4, -0.2) is 9.13 Å². The predicted octanol–water partition coefficient (Wildman–Crippen LogP) is 10.5. The lowest BCUT2D eigenvalue weighted by Crippen LogP contribution is -1.98. The van der Waals surface area contributed by atoms with Crippen LogP contribution < -0.4 is 0 Å². The molecule has 9 rings (SSSR count). The van der Waals surface area contributed by atoms with E-state index in [9.17, 15) is 0 Å². The van der Waals surface area contributed by atoms with Gasteiger partial charge in [-0.1, -0.05) is 84.9 Å². The number of hydrogen-bond acceptors (Lipinski definition) is 0. The minimum absolute atomic E-state index is 0.292. The van der Waals surface area contributed by atoms with Crippen molar-refractivity contribution in [1.82, 2.24) is 9.13 Å². The van der Waals surface area contributed by atoms with Crippen LogP contribution in [-0.2, 0) is 0 Å². The summed E-state index contributed by atoms with van der Waals surface area (Å²) < 4.78 is 35.8. The van der Waals surface area contributed by atoms with Crippen LogP contribution in [0.5, 0.6) is 0 Å². The Morgan fingerprint density at radius 3 is 1.83 bits per heavy atom. The maximum atomic E-state index is 16.4. The van der Waals surface area contributed by atoms with Crippen molar-refractivity contribution < 1.29 is 8.78 Å². The molecule has 0 aliphatic heterocycles. The van der Waals surface area contributed by atoms with E-state index in [0.29, 0.717) is 5.39 Å². The van der Waals surface area contributed by atoms with E-state index in [0.717, 1.165) is 71.1 Å². The monoisotopic (exact) mass is 544 g/mol. The van der Waals surface area contributed by atoms with Gasteiger partial charge in [0.05, 0.1) is 22.1 Å². The van der Waals surface area contributed by atoms with Crippen LogP contribution in [0.25, 0.3) is 76.5 Å². The second-order valence-corrected chi connectivity index (χ2v) is 10.8. The quantitative estimate of drug-likeness (QED) is 0.205. The summed E-state index contributed by atoms with van der Waals surface area (Å²) in [5.74, 6) is -0.598. The van der Waals surface area contributed by atoms with E-state index in [2.05, 4.69) is 45.5 Å². The zero-order valence-electron chi connectivity index (χ0n) is 22.4. The summed E-state index contributed by atoms with van der Waals surface area (Å²) in [6.07, 6.45) is 0. The molecule has 2 nitrogen and oxygen atoms in total. The maximum absolute atomic E-state index is 16.4. The fourth-order valence-electron chi connectivity index (χ4n) is 6.95. The van der Waals surface area contributed by atoms with E-state index in [-0.39, 0.29) is 11.6 Å². The fraction of sp³-hybridized carbons (Fsp3) is 0. The van der Waals surface area contributed by atoms with Gasteiger partial charge in [-0.25, -0.2) is 8.78 Å². The zero-order chi connectivity index (χ0) is 27.9. The van der Waals surface area contributed by atoms with Crippen molar-refractivity contribution in [1.29, 1.82) is 0 Å². The summed E-state index contributed by atoms with van der Waals surface area (Å²) in [5, 5.41) is 7.12. The molecule has 0 saturated carbocycles. The third kappa shape index (κ3) is 3.01. The van der Waals surface area contributed by atoms with Gasteiger partial charge in [0.25, 0.3) is 0 Å². The number of nitrogens with zero attached hydrogens (tertiary/aromatic N) is 2. The Balaban J connectivity index is 1.70. The van der Waals surface area contributed by atoms with Crippen LogP contribution in [0.1, 0.15) is 0 Å². The number of rotatable bonds is 2. The first-order chi connectivity index (χ1) is 20.7. The molecule has 4 heteroatoms. The average Bonchev–Trinajstić information content (AvgIpc) is 3.55. The first kappa shape index (κ1) is 23.2.